The zero-order valence-electron chi connectivity index (χ0n) is 15.1. The molecule has 0 spiro atoms. The van der Waals surface area contributed by atoms with Crippen LogP contribution in [0.25, 0.3) is 0 Å². The van der Waals surface area contributed by atoms with E-state index in [1.165, 1.54) is 0 Å². The summed E-state index contributed by atoms with van der Waals surface area (Å²) in [6.07, 6.45) is 2.45. The number of nitrogens with one attached hydrogen (secondary N) is 1. The minimum atomic E-state index is 0.187. The standard InChI is InChI=1S/C21H25ClN2O2/c1-23-19-8-10-24(11-9-19)21(25)14-16-4-3-7-20(13-16)26-15-17-5-2-6-18(22)12-17/h2-7,12-13,19,23H,8-11,14-15H2,1H3. The molecule has 3 rings (SSSR count). The normalized spacial score (nSPS) is 15.1. The maximum Gasteiger partial charge on any atom is 0.226 e. The largest absolute Gasteiger partial charge is 0.489 e. The van der Waals surface area contributed by atoms with Crippen LogP contribution in [0.3, 0.4) is 0 Å². The number of carbonyl (C=O) groups excluding carboxylic acids is 1. The number of halogens is 1. The van der Waals surface area contributed by atoms with E-state index in [0.29, 0.717) is 24.1 Å². The van der Waals surface area contributed by atoms with E-state index in [-0.39, 0.29) is 5.91 Å². The van der Waals surface area contributed by atoms with Crippen LogP contribution in [0.1, 0.15) is 24.0 Å². The van der Waals surface area contributed by atoms with E-state index in [2.05, 4.69) is 5.32 Å². The first-order valence-electron chi connectivity index (χ1n) is 9.05. The molecule has 0 unspecified atom stereocenters. The summed E-state index contributed by atoms with van der Waals surface area (Å²) in [5, 5.41) is 3.99. The molecule has 0 atom stereocenters. The molecule has 2 aromatic carbocycles. The van der Waals surface area contributed by atoms with E-state index in [1.54, 1.807) is 0 Å². The molecule has 0 bridgehead atoms. The minimum absolute atomic E-state index is 0.187. The Morgan fingerprint density at radius 3 is 2.62 bits per heavy atom. The third-order valence-corrected chi connectivity index (χ3v) is 5.04. The third-order valence-electron chi connectivity index (χ3n) is 4.80. The maximum atomic E-state index is 12.5. The number of hydrogen-bond donors (Lipinski definition) is 1. The van der Waals surface area contributed by atoms with E-state index in [9.17, 15) is 4.79 Å². The van der Waals surface area contributed by atoms with Gasteiger partial charge in [-0.1, -0.05) is 35.9 Å². The number of carbonyl (C=O) groups is 1. The van der Waals surface area contributed by atoms with Crippen molar-refractivity contribution in [2.75, 3.05) is 20.1 Å². The van der Waals surface area contributed by atoms with E-state index in [0.717, 1.165) is 42.8 Å². The van der Waals surface area contributed by atoms with Crippen LogP contribution in [0.15, 0.2) is 48.5 Å². The van der Waals surface area contributed by atoms with E-state index >= 15 is 0 Å². The molecule has 1 fully saturated rings. The Labute approximate surface area is 160 Å². The van der Waals surface area contributed by atoms with Crippen molar-refractivity contribution in [2.45, 2.75) is 31.9 Å². The monoisotopic (exact) mass is 372 g/mol. The van der Waals surface area contributed by atoms with Crippen LogP contribution in [0.2, 0.25) is 5.02 Å². The predicted octanol–water partition coefficient (Wildman–Crippen LogP) is 3.67. The summed E-state index contributed by atoms with van der Waals surface area (Å²) < 4.78 is 5.85. The fourth-order valence-electron chi connectivity index (χ4n) is 3.24. The number of piperidine rings is 1. The van der Waals surface area contributed by atoms with Gasteiger partial charge in [0.2, 0.25) is 5.91 Å². The zero-order valence-corrected chi connectivity index (χ0v) is 15.8. The molecule has 1 saturated heterocycles. The van der Waals surface area contributed by atoms with Crippen molar-refractivity contribution in [1.29, 1.82) is 0 Å². The smallest absolute Gasteiger partial charge is 0.226 e. The second kappa shape index (κ2) is 9.06. The Morgan fingerprint density at radius 1 is 1.15 bits per heavy atom. The lowest BCUT2D eigenvalue weighted by Crippen LogP contribution is -2.44. The molecule has 2 aromatic rings. The number of hydrogen-bond acceptors (Lipinski definition) is 3. The predicted molar refractivity (Wildman–Crippen MR) is 105 cm³/mol. The summed E-state index contributed by atoms with van der Waals surface area (Å²) in [5.74, 6) is 0.954. The van der Waals surface area contributed by atoms with E-state index in [4.69, 9.17) is 16.3 Å². The molecule has 1 aliphatic heterocycles. The summed E-state index contributed by atoms with van der Waals surface area (Å²) in [5.41, 5.74) is 2.00. The number of nitrogens with zero attached hydrogens (tertiary/aromatic N) is 1. The van der Waals surface area contributed by atoms with Crippen molar-refractivity contribution < 1.29 is 9.53 Å². The molecule has 4 nitrogen and oxygen atoms in total. The quantitative estimate of drug-likeness (QED) is 0.841. The highest BCUT2D eigenvalue weighted by molar-refractivity contribution is 6.30. The fraction of sp³-hybridized carbons (Fsp3) is 0.381. The van der Waals surface area contributed by atoms with Crippen molar-refractivity contribution in [3.63, 3.8) is 0 Å². The molecule has 26 heavy (non-hydrogen) atoms. The lowest BCUT2D eigenvalue weighted by Gasteiger charge is -2.32. The van der Waals surface area contributed by atoms with Gasteiger partial charge in [-0.15, -0.1) is 0 Å². The van der Waals surface area contributed by atoms with Crippen molar-refractivity contribution in [1.82, 2.24) is 10.2 Å². The van der Waals surface area contributed by atoms with Gasteiger partial charge in [0, 0.05) is 24.2 Å². The number of rotatable bonds is 6. The lowest BCUT2D eigenvalue weighted by atomic mass is 10.0. The molecule has 5 heteroatoms. The van der Waals surface area contributed by atoms with Crippen LogP contribution in [0.5, 0.6) is 5.75 Å². The summed E-state index contributed by atoms with van der Waals surface area (Å²) in [6.45, 7) is 2.11. The van der Waals surface area contributed by atoms with Crippen LogP contribution >= 0.6 is 11.6 Å². The highest BCUT2D eigenvalue weighted by atomic mass is 35.5. The Hall–Kier alpha value is -2.04. The molecule has 138 valence electrons. The van der Waals surface area contributed by atoms with Crippen LogP contribution in [0.4, 0.5) is 0 Å². The van der Waals surface area contributed by atoms with E-state index in [1.807, 2.05) is 60.5 Å². The van der Waals surface area contributed by atoms with Crippen molar-refractivity contribution in [3.05, 3.63) is 64.7 Å². The lowest BCUT2D eigenvalue weighted by molar-refractivity contribution is -0.131. The van der Waals surface area contributed by atoms with Crippen LogP contribution in [-0.4, -0.2) is 37.0 Å². The molecule has 0 saturated carbocycles. The van der Waals surface area contributed by atoms with Gasteiger partial charge >= 0.3 is 0 Å². The summed E-state index contributed by atoms with van der Waals surface area (Å²) in [7, 11) is 1.98. The number of likely N-dealkylation sites (tertiary alicyclic amines) is 1. The van der Waals surface area contributed by atoms with Gasteiger partial charge in [-0.25, -0.2) is 0 Å². The van der Waals surface area contributed by atoms with Gasteiger partial charge < -0.3 is 15.0 Å². The van der Waals surface area contributed by atoms with Gasteiger partial charge in [0.15, 0.2) is 0 Å². The minimum Gasteiger partial charge on any atom is -0.489 e. The van der Waals surface area contributed by atoms with E-state index < -0.39 is 0 Å². The van der Waals surface area contributed by atoms with Crippen LogP contribution in [-0.2, 0) is 17.8 Å². The second-order valence-corrected chi connectivity index (χ2v) is 7.12. The summed E-state index contributed by atoms with van der Waals surface area (Å²) in [6, 6.07) is 15.9. The van der Waals surface area contributed by atoms with Gasteiger partial charge in [0.25, 0.3) is 0 Å². The molecule has 0 aliphatic carbocycles. The Morgan fingerprint density at radius 2 is 1.88 bits per heavy atom. The van der Waals surface area contributed by atoms with Gasteiger partial charge in [-0.05, 0) is 55.3 Å². The fourth-order valence-corrected chi connectivity index (χ4v) is 3.46. The Bertz CT molecular complexity index is 742. The highest BCUT2D eigenvalue weighted by Gasteiger charge is 2.21. The number of benzene rings is 2. The molecule has 1 amide bonds. The van der Waals surface area contributed by atoms with Gasteiger partial charge in [0.05, 0.1) is 6.42 Å². The molecule has 1 heterocycles. The van der Waals surface area contributed by atoms with Crippen molar-refractivity contribution >= 4 is 17.5 Å². The highest BCUT2D eigenvalue weighted by Crippen LogP contribution is 2.18. The first-order valence-corrected chi connectivity index (χ1v) is 9.43. The summed E-state index contributed by atoms with van der Waals surface area (Å²) in [4.78, 5) is 14.5. The first kappa shape index (κ1) is 18.7. The Kier molecular flexibility index (Phi) is 6.53. The van der Waals surface area contributed by atoms with Gasteiger partial charge in [-0.3, -0.25) is 4.79 Å². The van der Waals surface area contributed by atoms with Gasteiger partial charge in [0.1, 0.15) is 12.4 Å². The second-order valence-electron chi connectivity index (χ2n) is 6.69. The molecular formula is C21H25ClN2O2. The molecule has 0 radical (unpaired) electrons. The Balaban J connectivity index is 1.54. The van der Waals surface area contributed by atoms with Crippen molar-refractivity contribution in [2.24, 2.45) is 0 Å². The third kappa shape index (κ3) is 5.23. The summed E-state index contributed by atoms with van der Waals surface area (Å²) >= 11 is 6.00. The average molecular weight is 373 g/mol. The number of amides is 1. The first-order chi connectivity index (χ1) is 12.6. The van der Waals surface area contributed by atoms with Crippen LogP contribution in [0, 0.1) is 0 Å². The number of ether oxygens (including phenoxy) is 1. The maximum absolute atomic E-state index is 12.5. The SMILES string of the molecule is CNC1CCN(C(=O)Cc2cccc(OCc3cccc(Cl)c3)c2)CC1. The topological polar surface area (TPSA) is 41.6 Å². The zero-order chi connectivity index (χ0) is 18.4. The molecule has 1 aliphatic rings. The molecular weight excluding hydrogens is 348 g/mol. The van der Waals surface area contributed by atoms with Crippen LogP contribution < -0.4 is 10.1 Å². The molecule has 0 aromatic heterocycles. The average Bonchev–Trinajstić information content (AvgIpc) is 2.67. The van der Waals surface area contributed by atoms with Gasteiger partial charge in [-0.2, -0.15) is 0 Å². The van der Waals surface area contributed by atoms with Crippen molar-refractivity contribution in [3.8, 4) is 5.75 Å². The molecule has 1 N–H and O–H groups in total.